The molecule has 1 heterocycles. The van der Waals surface area contributed by atoms with Crippen LogP contribution in [-0.4, -0.2) is 27.1 Å². The number of nitrogens with one attached hydrogen (secondary N) is 1. The molecule has 5 heteroatoms. The molecule has 0 radical (unpaired) electrons. The van der Waals surface area contributed by atoms with Crippen LogP contribution in [0.5, 0.6) is 0 Å². The van der Waals surface area contributed by atoms with Crippen LogP contribution < -0.4 is 5.32 Å². The first-order chi connectivity index (χ1) is 9.14. The highest BCUT2D eigenvalue weighted by Gasteiger charge is 2.25. The van der Waals surface area contributed by atoms with Gasteiger partial charge in [0, 0.05) is 30.0 Å². The number of halogens is 2. The lowest BCUT2D eigenvalue weighted by atomic mass is 10.0. The highest BCUT2D eigenvalue weighted by Crippen LogP contribution is 2.17. The third-order valence-corrected chi connectivity index (χ3v) is 4.84. The number of rotatable bonds is 9. The highest BCUT2D eigenvalue weighted by atomic mass is 35.5. The molecule has 0 amide bonds. The van der Waals surface area contributed by atoms with Crippen molar-refractivity contribution in [1.82, 2.24) is 15.1 Å². The molecule has 3 nitrogen and oxygen atoms in total. The lowest BCUT2D eigenvalue weighted by Crippen LogP contribution is -2.48. The zero-order valence-electron chi connectivity index (χ0n) is 12.1. The molecule has 0 saturated carbocycles. The van der Waals surface area contributed by atoms with Crippen LogP contribution in [0, 0.1) is 0 Å². The molecule has 0 bridgehead atoms. The molecule has 1 N–H and O–H groups in total. The normalized spacial score (nSPS) is 12.3. The largest absolute Gasteiger partial charge is 0.303 e. The van der Waals surface area contributed by atoms with Crippen LogP contribution in [0.2, 0.25) is 0 Å². The van der Waals surface area contributed by atoms with Gasteiger partial charge in [0.15, 0.2) is 0 Å². The average molecular weight is 306 g/mol. The Morgan fingerprint density at radius 1 is 1.26 bits per heavy atom. The van der Waals surface area contributed by atoms with E-state index in [0.29, 0.717) is 24.3 Å². The lowest BCUT2D eigenvalue weighted by Gasteiger charge is -2.29. The number of nitrogens with zero attached hydrogens (tertiary/aromatic N) is 2. The second-order valence-electron chi connectivity index (χ2n) is 5.01. The molecule has 1 aromatic heterocycles. The molecule has 0 fully saturated rings. The van der Waals surface area contributed by atoms with E-state index in [4.69, 9.17) is 23.2 Å². The Kier molecular flexibility index (Phi) is 7.19. The maximum atomic E-state index is 6.02. The predicted octanol–water partition coefficient (Wildman–Crippen LogP) is 3.96. The van der Waals surface area contributed by atoms with Gasteiger partial charge >= 0.3 is 0 Å². The third kappa shape index (κ3) is 4.37. The van der Waals surface area contributed by atoms with Gasteiger partial charge in [-0.25, -0.2) is 0 Å². The molecule has 1 rings (SSSR count). The first kappa shape index (κ1) is 16.8. The summed E-state index contributed by atoms with van der Waals surface area (Å²) in [5, 5.41) is 8.07. The highest BCUT2D eigenvalue weighted by molar-refractivity contribution is 6.22. The SMILES string of the molecule is CCC(CC)n1ccc(CNC(CC)(CCl)CCl)n1. The van der Waals surface area contributed by atoms with Crippen LogP contribution in [-0.2, 0) is 6.54 Å². The van der Waals surface area contributed by atoms with Gasteiger partial charge in [0.1, 0.15) is 0 Å². The summed E-state index contributed by atoms with van der Waals surface area (Å²) in [6, 6.07) is 2.56. The summed E-state index contributed by atoms with van der Waals surface area (Å²) < 4.78 is 2.06. The van der Waals surface area contributed by atoms with Gasteiger partial charge in [-0.2, -0.15) is 5.10 Å². The maximum absolute atomic E-state index is 6.02. The fraction of sp³-hybridized carbons (Fsp3) is 0.786. The molecule has 0 aliphatic heterocycles. The summed E-state index contributed by atoms with van der Waals surface area (Å²) in [5.74, 6) is 1.03. The third-order valence-electron chi connectivity index (χ3n) is 3.81. The molecule has 0 aromatic carbocycles. The molecule has 0 aliphatic carbocycles. The Morgan fingerprint density at radius 3 is 2.37 bits per heavy atom. The van der Waals surface area contributed by atoms with E-state index < -0.39 is 0 Å². The van der Waals surface area contributed by atoms with Crippen molar-refractivity contribution in [3.8, 4) is 0 Å². The van der Waals surface area contributed by atoms with Gasteiger partial charge in [0.05, 0.1) is 11.7 Å². The maximum Gasteiger partial charge on any atom is 0.0762 e. The van der Waals surface area contributed by atoms with Crippen molar-refractivity contribution in [2.75, 3.05) is 11.8 Å². The minimum atomic E-state index is -0.193. The molecule has 0 spiro atoms. The number of hydrogen-bond acceptors (Lipinski definition) is 2. The number of hydrogen-bond donors (Lipinski definition) is 1. The Hall–Kier alpha value is -0.250. The number of aromatic nitrogens is 2. The zero-order chi connectivity index (χ0) is 14.3. The fourth-order valence-corrected chi connectivity index (χ4v) is 2.91. The molecule has 0 aliphatic rings. The predicted molar refractivity (Wildman–Crippen MR) is 83.1 cm³/mol. The summed E-state index contributed by atoms with van der Waals surface area (Å²) in [6.45, 7) is 7.19. The molecule has 0 saturated heterocycles. The van der Waals surface area contributed by atoms with Crippen LogP contribution in [0.4, 0.5) is 0 Å². The molecular formula is C14H25Cl2N3. The fourth-order valence-electron chi connectivity index (χ4n) is 2.06. The second-order valence-corrected chi connectivity index (χ2v) is 5.55. The topological polar surface area (TPSA) is 29.9 Å². The lowest BCUT2D eigenvalue weighted by molar-refractivity contribution is 0.377. The molecule has 1 aromatic rings. The van der Waals surface area contributed by atoms with Gasteiger partial charge in [-0.15, -0.1) is 23.2 Å². The molecule has 0 atom stereocenters. The van der Waals surface area contributed by atoms with Crippen LogP contribution in [0.25, 0.3) is 0 Å². The molecule has 0 unspecified atom stereocenters. The first-order valence-corrected chi connectivity index (χ1v) is 8.12. The van der Waals surface area contributed by atoms with Crippen LogP contribution in [0.15, 0.2) is 12.3 Å². The monoisotopic (exact) mass is 305 g/mol. The van der Waals surface area contributed by atoms with Crippen molar-refractivity contribution in [3.05, 3.63) is 18.0 Å². The molecule has 110 valence electrons. The standard InChI is InChI=1S/C14H25Cl2N3/c1-4-13(5-2)19-8-7-12(18-19)9-17-14(6-3,10-15)11-16/h7-8,13,17H,4-6,9-11H2,1-3H3. The second kappa shape index (κ2) is 8.13. The van der Waals surface area contributed by atoms with Gasteiger partial charge in [-0.3, -0.25) is 4.68 Å². The zero-order valence-corrected chi connectivity index (χ0v) is 13.6. The van der Waals surface area contributed by atoms with Gasteiger partial charge in [0.25, 0.3) is 0 Å². The molecular weight excluding hydrogens is 281 g/mol. The average Bonchev–Trinajstić information content (AvgIpc) is 2.91. The Bertz CT molecular complexity index is 349. The summed E-state index contributed by atoms with van der Waals surface area (Å²) >= 11 is 12.0. The van der Waals surface area contributed by atoms with Crippen LogP contribution in [0.3, 0.4) is 0 Å². The van der Waals surface area contributed by atoms with E-state index >= 15 is 0 Å². The van der Waals surface area contributed by atoms with Gasteiger partial charge in [-0.05, 0) is 25.3 Å². The van der Waals surface area contributed by atoms with Crippen LogP contribution in [0.1, 0.15) is 51.8 Å². The van der Waals surface area contributed by atoms with E-state index in [1.165, 1.54) is 0 Å². The summed E-state index contributed by atoms with van der Waals surface area (Å²) in [4.78, 5) is 0. The van der Waals surface area contributed by atoms with E-state index in [1.54, 1.807) is 0 Å². The van der Waals surface area contributed by atoms with E-state index in [-0.39, 0.29) is 5.54 Å². The van der Waals surface area contributed by atoms with Crippen molar-refractivity contribution in [1.29, 1.82) is 0 Å². The van der Waals surface area contributed by atoms with E-state index in [0.717, 1.165) is 25.0 Å². The van der Waals surface area contributed by atoms with Crippen molar-refractivity contribution in [2.24, 2.45) is 0 Å². The van der Waals surface area contributed by atoms with Crippen LogP contribution >= 0.6 is 23.2 Å². The van der Waals surface area contributed by atoms with Crippen molar-refractivity contribution >= 4 is 23.2 Å². The summed E-state index contributed by atoms with van der Waals surface area (Å²) in [7, 11) is 0. The summed E-state index contributed by atoms with van der Waals surface area (Å²) in [6.07, 6.45) is 5.18. The van der Waals surface area contributed by atoms with Gasteiger partial charge in [-0.1, -0.05) is 20.8 Å². The molecule has 19 heavy (non-hydrogen) atoms. The minimum absolute atomic E-state index is 0.193. The number of alkyl halides is 2. The quantitative estimate of drug-likeness (QED) is 0.700. The van der Waals surface area contributed by atoms with E-state index in [9.17, 15) is 0 Å². The van der Waals surface area contributed by atoms with Gasteiger partial charge < -0.3 is 5.32 Å². The van der Waals surface area contributed by atoms with Crippen molar-refractivity contribution in [2.45, 2.75) is 58.2 Å². The van der Waals surface area contributed by atoms with Crippen molar-refractivity contribution in [3.63, 3.8) is 0 Å². The first-order valence-electron chi connectivity index (χ1n) is 7.05. The van der Waals surface area contributed by atoms with E-state index in [2.05, 4.69) is 48.1 Å². The van der Waals surface area contributed by atoms with Crippen molar-refractivity contribution < 1.29 is 0 Å². The summed E-state index contributed by atoms with van der Waals surface area (Å²) in [5.41, 5.74) is 0.849. The Balaban J connectivity index is 2.63. The smallest absolute Gasteiger partial charge is 0.0762 e. The van der Waals surface area contributed by atoms with Gasteiger partial charge in [0.2, 0.25) is 0 Å². The van der Waals surface area contributed by atoms with E-state index in [1.807, 2.05) is 0 Å². The Labute approximate surface area is 126 Å². The minimum Gasteiger partial charge on any atom is -0.303 e. The Morgan fingerprint density at radius 2 is 1.89 bits per heavy atom.